The standard InChI is InChI=1S/C21H25NO5/c1-14-6-4-5-7-16(14)17(13-21(24)25)22-20(23)11-9-15-8-10-18(26-2)19(12-15)27-3/h4-8,10,12,17H,9,11,13H2,1-3H3,(H,22,23)(H,24,25). The number of hydrogen-bond acceptors (Lipinski definition) is 4. The van der Waals surface area contributed by atoms with E-state index in [1.807, 2.05) is 43.3 Å². The van der Waals surface area contributed by atoms with Crippen LogP contribution >= 0.6 is 0 Å². The Bertz CT molecular complexity index is 803. The van der Waals surface area contributed by atoms with Crippen molar-refractivity contribution >= 4 is 11.9 Å². The molecule has 1 unspecified atom stereocenters. The van der Waals surface area contributed by atoms with Crippen LogP contribution in [0.25, 0.3) is 0 Å². The number of ether oxygens (including phenoxy) is 2. The quantitative estimate of drug-likeness (QED) is 0.707. The summed E-state index contributed by atoms with van der Waals surface area (Å²) in [4.78, 5) is 23.6. The molecular formula is C21H25NO5. The van der Waals surface area contributed by atoms with Crippen LogP contribution in [0.5, 0.6) is 11.5 Å². The van der Waals surface area contributed by atoms with Gasteiger partial charge in [-0.15, -0.1) is 0 Å². The largest absolute Gasteiger partial charge is 0.493 e. The van der Waals surface area contributed by atoms with E-state index in [-0.39, 0.29) is 18.7 Å². The minimum absolute atomic E-state index is 0.160. The first-order valence-electron chi connectivity index (χ1n) is 8.72. The van der Waals surface area contributed by atoms with Crippen molar-refractivity contribution < 1.29 is 24.2 Å². The van der Waals surface area contributed by atoms with Gasteiger partial charge in [0.05, 0.1) is 26.7 Å². The molecule has 2 aromatic carbocycles. The molecule has 0 radical (unpaired) electrons. The summed E-state index contributed by atoms with van der Waals surface area (Å²) in [6, 6.07) is 12.4. The number of nitrogens with one attached hydrogen (secondary N) is 1. The van der Waals surface area contributed by atoms with Crippen LogP contribution in [0.4, 0.5) is 0 Å². The highest BCUT2D eigenvalue weighted by Gasteiger charge is 2.19. The van der Waals surface area contributed by atoms with Gasteiger partial charge in [0.2, 0.25) is 5.91 Å². The third-order valence-electron chi connectivity index (χ3n) is 4.37. The molecule has 1 atom stereocenters. The molecule has 2 rings (SSSR count). The lowest BCUT2D eigenvalue weighted by atomic mass is 9.98. The van der Waals surface area contributed by atoms with Gasteiger partial charge in [-0.3, -0.25) is 9.59 Å². The zero-order chi connectivity index (χ0) is 19.8. The lowest BCUT2D eigenvalue weighted by Crippen LogP contribution is -2.30. The first-order chi connectivity index (χ1) is 12.9. The van der Waals surface area contributed by atoms with Crippen molar-refractivity contribution in [2.24, 2.45) is 0 Å². The molecule has 0 aliphatic rings. The normalized spacial score (nSPS) is 11.5. The summed E-state index contributed by atoms with van der Waals surface area (Å²) in [5.74, 6) is 0.0913. The Morgan fingerprint density at radius 2 is 1.78 bits per heavy atom. The molecule has 0 fully saturated rings. The van der Waals surface area contributed by atoms with Crippen molar-refractivity contribution in [3.05, 3.63) is 59.2 Å². The molecule has 1 amide bonds. The first-order valence-corrected chi connectivity index (χ1v) is 8.72. The molecule has 0 heterocycles. The highest BCUT2D eigenvalue weighted by Crippen LogP contribution is 2.28. The summed E-state index contributed by atoms with van der Waals surface area (Å²) in [6.45, 7) is 1.90. The third kappa shape index (κ3) is 5.74. The van der Waals surface area contributed by atoms with Gasteiger partial charge in [0, 0.05) is 6.42 Å². The maximum absolute atomic E-state index is 12.4. The van der Waals surface area contributed by atoms with Crippen LogP contribution in [0.1, 0.15) is 35.6 Å². The van der Waals surface area contributed by atoms with Gasteiger partial charge in [0.25, 0.3) is 0 Å². The van der Waals surface area contributed by atoms with E-state index in [1.54, 1.807) is 20.3 Å². The predicted molar refractivity (Wildman–Crippen MR) is 102 cm³/mol. The van der Waals surface area contributed by atoms with E-state index in [2.05, 4.69) is 5.32 Å². The molecule has 2 aromatic rings. The van der Waals surface area contributed by atoms with Gasteiger partial charge in [0.15, 0.2) is 11.5 Å². The van der Waals surface area contributed by atoms with Crippen LogP contribution in [-0.4, -0.2) is 31.2 Å². The zero-order valence-corrected chi connectivity index (χ0v) is 15.8. The molecule has 6 nitrogen and oxygen atoms in total. The van der Waals surface area contributed by atoms with Crippen LogP contribution in [0.3, 0.4) is 0 Å². The second-order valence-electron chi connectivity index (χ2n) is 6.26. The molecule has 6 heteroatoms. The van der Waals surface area contributed by atoms with E-state index in [4.69, 9.17) is 9.47 Å². The Morgan fingerprint density at radius 3 is 2.41 bits per heavy atom. The summed E-state index contributed by atoms with van der Waals surface area (Å²) in [6.07, 6.45) is 0.601. The van der Waals surface area contributed by atoms with Gasteiger partial charge >= 0.3 is 5.97 Å². The maximum atomic E-state index is 12.4. The average molecular weight is 371 g/mol. The number of carboxylic acid groups (broad SMARTS) is 1. The monoisotopic (exact) mass is 371 g/mol. The molecule has 2 N–H and O–H groups in total. The summed E-state index contributed by atoms with van der Waals surface area (Å²) in [7, 11) is 3.13. The van der Waals surface area contributed by atoms with E-state index in [9.17, 15) is 14.7 Å². The lowest BCUT2D eigenvalue weighted by Gasteiger charge is -2.19. The van der Waals surface area contributed by atoms with Crippen LogP contribution in [0.2, 0.25) is 0 Å². The van der Waals surface area contributed by atoms with Gasteiger partial charge in [-0.25, -0.2) is 0 Å². The molecule has 0 saturated heterocycles. The molecular weight excluding hydrogens is 346 g/mol. The number of carbonyl (C=O) groups excluding carboxylic acids is 1. The number of hydrogen-bond donors (Lipinski definition) is 2. The van der Waals surface area contributed by atoms with Crippen LogP contribution in [0, 0.1) is 6.92 Å². The molecule has 0 aromatic heterocycles. The molecule has 0 saturated carbocycles. The zero-order valence-electron chi connectivity index (χ0n) is 15.8. The van der Waals surface area contributed by atoms with E-state index in [0.29, 0.717) is 17.9 Å². The Morgan fingerprint density at radius 1 is 1.07 bits per heavy atom. The highest BCUT2D eigenvalue weighted by atomic mass is 16.5. The van der Waals surface area contributed by atoms with Gasteiger partial charge in [-0.2, -0.15) is 0 Å². The van der Waals surface area contributed by atoms with Crippen molar-refractivity contribution in [1.29, 1.82) is 0 Å². The van der Waals surface area contributed by atoms with E-state index >= 15 is 0 Å². The summed E-state index contributed by atoms with van der Waals surface area (Å²) in [5.41, 5.74) is 2.71. The van der Waals surface area contributed by atoms with Crippen molar-refractivity contribution in [3.63, 3.8) is 0 Å². The SMILES string of the molecule is COc1ccc(CCC(=O)NC(CC(=O)O)c2ccccc2C)cc1OC. The average Bonchev–Trinajstić information content (AvgIpc) is 2.65. The first kappa shape index (κ1) is 20.3. The molecule has 0 bridgehead atoms. The van der Waals surface area contributed by atoms with Crippen molar-refractivity contribution in [2.45, 2.75) is 32.2 Å². The number of carboxylic acids is 1. The lowest BCUT2D eigenvalue weighted by molar-refractivity contribution is -0.137. The van der Waals surface area contributed by atoms with Crippen LogP contribution in [0.15, 0.2) is 42.5 Å². The van der Waals surface area contributed by atoms with E-state index < -0.39 is 12.0 Å². The van der Waals surface area contributed by atoms with Crippen LogP contribution < -0.4 is 14.8 Å². The predicted octanol–water partition coefficient (Wildman–Crippen LogP) is 3.28. The molecule has 0 spiro atoms. The smallest absolute Gasteiger partial charge is 0.305 e. The Hall–Kier alpha value is -3.02. The fraction of sp³-hybridized carbons (Fsp3) is 0.333. The number of methoxy groups -OCH3 is 2. The van der Waals surface area contributed by atoms with Gasteiger partial charge < -0.3 is 19.9 Å². The Kier molecular flexibility index (Phi) is 7.23. The second-order valence-corrected chi connectivity index (χ2v) is 6.26. The van der Waals surface area contributed by atoms with E-state index in [0.717, 1.165) is 16.7 Å². The van der Waals surface area contributed by atoms with Gasteiger partial charge in [-0.1, -0.05) is 30.3 Å². The number of aliphatic carboxylic acids is 1. The molecule has 0 aliphatic heterocycles. The number of benzene rings is 2. The number of aryl methyl sites for hydroxylation is 2. The summed E-state index contributed by atoms with van der Waals surface area (Å²) < 4.78 is 10.5. The fourth-order valence-corrected chi connectivity index (χ4v) is 2.95. The topological polar surface area (TPSA) is 84.9 Å². The number of rotatable bonds is 9. The van der Waals surface area contributed by atoms with Crippen LogP contribution in [-0.2, 0) is 16.0 Å². The number of carbonyl (C=O) groups is 2. The number of amides is 1. The summed E-state index contributed by atoms with van der Waals surface area (Å²) in [5, 5.41) is 12.0. The van der Waals surface area contributed by atoms with Crippen molar-refractivity contribution in [1.82, 2.24) is 5.32 Å². The summed E-state index contributed by atoms with van der Waals surface area (Å²) >= 11 is 0. The maximum Gasteiger partial charge on any atom is 0.305 e. The Labute approximate surface area is 159 Å². The minimum atomic E-state index is -0.955. The van der Waals surface area contributed by atoms with Gasteiger partial charge in [-0.05, 0) is 42.2 Å². The Balaban J connectivity index is 2.04. The molecule has 144 valence electrons. The minimum Gasteiger partial charge on any atom is -0.493 e. The third-order valence-corrected chi connectivity index (χ3v) is 4.37. The highest BCUT2D eigenvalue weighted by molar-refractivity contribution is 5.78. The molecule has 0 aliphatic carbocycles. The second kappa shape index (κ2) is 9.62. The van der Waals surface area contributed by atoms with Crippen molar-refractivity contribution in [2.75, 3.05) is 14.2 Å². The van der Waals surface area contributed by atoms with Gasteiger partial charge in [0.1, 0.15) is 0 Å². The molecule has 27 heavy (non-hydrogen) atoms. The fourth-order valence-electron chi connectivity index (χ4n) is 2.95. The van der Waals surface area contributed by atoms with Crippen molar-refractivity contribution in [3.8, 4) is 11.5 Å². The van der Waals surface area contributed by atoms with E-state index in [1.165, 1.54) is 0 Å².